The lowest BCUT2D eigenvalue weighted by molar-refractivity contribution is -0.143. The fourth-order valence-electron chi connectivity index (χ4n) is 2.72. The average molecular weight is 298 g/mol. The molecular formula is C18H34O3. The van der Waals surface area contributed by atoms with Gasteiger partial charge in [0.1, 0.15) is 0 Å². The summed E-state index contributed by atoms with van der Waals surface area (Å²) < 4.78 is 10.8. The lowest BCUT2D eigenvalue weighted by Crippen LogP contribution is -2.04. The number of carbonyl (C=O) groups excluding carboxylic acids is 1. The SMILES string of the molecule is CCCCCC1OC1CCCCCCCC(=O)OCCC. The van der Waals surface area contributed by atoms with Gasteiger partial charge >= 0.3 is 5.97 Å². The van der Waals surface area contributed by atoms with Crippen LogP contribution < -0.4 is 0 Å². The van der Waals surface area contributed by atoms with Crippen molar-refractivity contribution in [3.05, 3.63) is 0 Å². The summed E-state index contributed by atoms with van der Waals surface area (Å²) >= 11 is 0. The van der Waals surface area contributed by atoms with Gasteiger partial charge in [-0.2, -0.15) is 0 Å². The van der Waals surface area contributed by atoms with Crippen LogP contribution in [-0.4, -0.2) is 24.8 Å². The third-order valence-electron chi connectivity index (χ3n) is 4.12. The van der Waals surface area contributed by atoms with Crippen LogP contribution in [0.15, 0.2) is 0 Å². The van der Waals surface area contributed by atoms with Crippen LogP contribution in [0.3, 0.4) is 0 Å². The standard InChI is InChI=1S/C18H34O3/c1-3-5-9-12-16-17(21-16)13-10-7-6-8-11-14-18(19)20-15-4-2/h16-17H,3-15H2,1-2H3. The number of hydrogen-bond donors (Lipinski definition) is 0. The van der Waals surface area contributed by atoms with Crippen molar-refractivity contribution in [3.63, 3.8) is 0 Å². The Labute approximate surface area is 130 Å². The highest BCUT2D eigenvalue weighted by atomic mass is 16.6. The minimum absolute atomic E-state index is 0.0295. The molecule has 21 heavy (non-hydrogen) atoms. The second kappa shape index (κ2) is 12.0. The van der Waals surface area contributed by atoms with E-state index in [9.17, 15) is 4.79 Å². The van der Waals surface area contributed by atoms with Crippen molar-refractivity contribution in [1.29, 1.82) is 0 Å². The average Bonchev–Trinajstić information content (AvgIpc) is 3.23. The number of ether oxygens (including phenoxy) is 2. The second-order valence-electron chi connectivity index (χ2n) is 6.24. The van der Waals surface area contributed by atoms with Crippen LogP contribution >= 0.6 is 0 Å². The molecule has 124 valence electrons. The first kappa shape index (κ1) is 18.5. The Morgan fingerprint density at radius 1 is 0.857 bits per heavy atom. The molecule has 2 unspecified atom stereocenters. The maximum absolute atomic E-state index is 11.3. The van der Waals surface area contributed by atoms with Crippen LogP contribution in [0.25, 0.3) is 0 Å². The van der Waals surface area contributed by atoms with Crippen molar-refractivity contribution >= 4 is 5.97 Å². The predicted molar refractivity (Wildman–Crippen MR) is 86.4 cm³/mol. The summed E-state index contributed by atoms with van der Waals surface area (Å²) in [5, 5.41) is 0. The van der Waals surface area contributed by atoms with Gasteiger partial charge in [0.05, 0.1) is 18.8 Å². The summed E-state index contributed by atoms with van der Waals surface area (Å²) in [5.74, 6) is -0.0295. The molecule has 3 nitrogen and oxygen atoms in total. The molecule has 0 saturated carbocycles. The van der Waals surface area contributed by atoms with E-state index < -0.39 is 0 Å². The number of carbonyl (C=O) groups is 1. The van der Waals surface area contributed by atoms with Gasteiger partial charge in [-0.1, -0.05) is 58.8 Å². The zero-order chi connectivity index (χ0) is 15.3. The Hall–Kier alpha value is -0.570. The van der Waals surface area contributed by atoms with Crippen LogP contribution in [0.5, 0.6) is 0 Å². The number of unbranched alkanes of at least 4 members (excludes halogenated alkanes) is 6. The molecule has 0 aromatic heterocycles. The van der Waals surface area contributed by atoms with Crippen LogP contribution in [0, 0.1) is 0 Å². The Kier molecular flexibility index (Phi) is 10.6. The fourth-order valence-corrected chi connectivity index (χ4v) is 2.72. The highest BCUT2D eigenvalue weighted by Gasteiger charge is 2.36. The largest absolute Gasteiger partial charge is 0.466 e. The number of hydrogen-bond acceptors (Lipinski definition) is 3. The summed E-state index contributed by atoms with van der Waals surface area (Å²) in [5.41, 5.74) is 0. The van der Waals surface area contributed by atoms with E-state index >= 15 is 0 Å². The molecular weight excluding hydrogens is 264 g/mol. The molecule has 0 N–H and O–H groups in total. The van der Waals surface area contributed by atoms with E-state index in [1.54, 1.807) is 0 Å². The molecule has 1 rings (SSSR count). The van der Waals surface area contributed by atoms with Crippen LogP contribution in [0.2, 0.25) is 0 Å². The molecule has 0 radical (unpaired) electrons. The molecule has 1 aliphatic rings. The Morgan fingerprint density at radius 3 is 2.14 bits per heavy atom. The van der Waals surface area contributed by atoms with Gasteiger partial charge in [0.25, 0.3) is 0 Å². The molecule has 0 spiro atoms. The Balaban J connectivity index is 1.78. The third-order valence-corrected chi connectivity index (χ3v) is 4.12. The normalized spacial score (nSPS) is 20.5. The van der Waals surface area contributed by atoms with Gasteiger partial charge in [-0.05, 0) is 25.7 Å². The smallest absolute Gasteiger partial charge is 0.305 e. The van der Waals surface area contributed by atoms with Gasteiger partial charge in [-0.25, -0.2) is 0 Å². The zero-order valence-corrected chi connectivity index (χ0v) is 14.1. The van der Waals surface area contributed by atoms with Crippen molar-refractivity contribution < 1.29 is 14.3 Å². The minimum atomic E-state index is -0.0295. The summed E-state index contributed by atoms with van der Waals surface area (Å²) in [6, 6.07) is 0. The Morgan fingerprint density at radius 2 is 1.48 bits per heavy atom. The molecule has 1 fully saturated rings. The first-order chi connectivity index (χ1) is 10.3. The molecule has 0 amide bonds. The van der Waals surface area contributed by atoms with Crippen molar-refractivity contribution in [2.45, 2.75) is 103 Å². The van der Waals surface area contributed by atoms with Crippen LogP contribution in [0.4, 0.5) is 0 Å². The van der Waals surface area contributed by atoms with E-state index in [-0.39, 0.29) is 5.97 Å². The summed E-state index contributed by atoms with van der Waals surface area (Å²) in [4.78, 5) is 11.3. The first-order valence-corrected chi connectivity index (χ1v) is 9.09. The lowest BCUT2D eigenvalue weighted by atomic mass is 10.0. The summed E-state index contributed by atoms with van der Waals surface area (Å²) in [6.45, 7) is 4.83. The number of epoxide rings is 1. The van der Waals surface area contributed by atoms with Gasteiger partial charge < -0.3 is 9.47 Å². The van der Waals surface area contributed by atoms with Gasteiger partial charge in [-0.15, -0.1) is 0 Å². The maximum atomic E-state index is 11.3. The molecule has 1 saturated heterocycles. The van der Waals surface area contributed by atoms with E-state index in [4.69, 9.17) is 9.47 Å². The van der Waals surface area contributed by atoms with Gasteiger partial charge in [-0.3, -0.25) is 4.79 Å². The minimum Gasteiger partial charge on any atom is -0.466 e. The van der Waals surface area contributed by atoms with Crippen LogP contribution in [-0.2, 0) is 14.3 Å². The molecule has 3 heteroatoms. The van der Waals surface area contributed by atoms with E-state index in [1.165, 1.54) is 51.4 Å². The molecule has 0 bridgehead atoms. The molecule has 2 atom stereocenters. The van der Waals surface area contributed by atoms with Crippen molar-refractivity contribution in [2.75, 3.05) is 6.61 Å². The molecule has 0 aromatic carbocycles. The van der Waals surface area contributed by atoms with Crippen LogP contribution in [0.1, 0.15) is 90.9 Å². The van der Waals surface area contributed by atoms with E-state index in [0.717, 1.165) is 19.3 Å². The van der Waals surface area contributed by atoms with E-state index in [0.29, 0.717) is 25.2 Å². The quantitative estimate of drug-likeness (QED) is 0.257. The van der Waals surface area contributed by atoms with Crippen molar-refractivity contribution in [1.82, 2.24) is 0 Å². The fraction of sp³-hybridized carbons (Fsp3) is 0.944. The number of rotatable bonds is 14. The molecule has 1 heterocycles. The van der Waals surface area contributed by atoms with Gasteiger partial charge in [0.15, 0.2) is 0 Å². The monoisotopic (exact) mass is 298 g/mol. The molecule has 0 aromatic rings. The van der Waals surface area contributed by atoms with Crippen molar-refractivity contribution in [3.8, 4) is 0 Å². The van der Waals surface area contributed by atoms with Gasteiger partial charge in [0.2, 0.25) is 0 Å². The summed E-state index contributed by atoms with van der Waals surface area (Å²) in [7, 11) is 0. The highest BCUT2D eigenvalue weighted by molar-refractivity contribution is 5.69. The van der Waals surface area contributed by atoms with Gasteiger partial charge in [0, 0.05) is 6.42 Å². The molecule has 1 aliphatic heterocycles. The lowest BCUT2D eigenvalue weighted by Gasteiger charge is -2.03. The van der Waals surface area contributed by atoms with E-state index in [2.05, 4.69) is 6.92 Å². The summed E-state index contributed by atoms with van der Waals surface area (Å²) in [6.07, 6.45) is 15.0. The zero-order valence-electron chi connectivity index (χ0n) is 14.1. The molecule has 0 aliphatic carbocycles. The second-order valence-corrected chi connectivity index (χ2v) is 6.24. The first-order valence-electron chi connectivity index (χ1n) is 9.09. The highest BCUT2D eigenvalue weighted by Crippen LogP contribution is 2.31. The Bertz CT molecular complexity index is 265. The van der Waals surface area contributed by atoms with Crippen molar-refractivity contribution in [2.24, 2.45) is 0 Å². The topological polar surface area (TPSA) is 38.8 Å². The third kappa shape index (κ3) is 9.89. The number of esters is 1. The maximum Gasteiger partial charge on any atom is 0.305 e. The predicted octanol–water partition coefficient (Wildman–Crippen LogP) is 5.02. The van der Waals surface area contributed by atoms with E-state index in [1.807, 2.05) is 6.92 Å².